The maximum absolute atomic E-state index is 6.34. The molecule has 0 radical (unpaired) electrons. The van der Waals surface area contributed by atoms with Crippen molar-refractivity contribution in [2.75, 3.05) is 33.4 Å². The van der Waals surface area contributed by atoms with Gasteiger partial charge in [-0.1, -0.05) is 19.1 Å². The number of rotatable bonds is 7. The van der Waals surface area contributed by atoms with Crippen LogP contribution in [-0.2, 0) is 4.74 Å². The van der Waals surface area contributed by atoms with Crippen LogP contribution < -0.4 is 10.5 Å². The molecule has 4 heteroatoms. The van der Waals surface area contributed by atoms with Crippen molar-refractivity contribution in [3.63, 3.8) is 0 Å². The van der Waals surface area contributed by atoms with Crippen LogP contribution in [0.4, 0.5) is 0 Å². The number of nitrogens with zero attached hydrogens (tertiary/aromatic N) is 1. The van der Waals surface area contributed by atoms with Crippen LogP contribution in [0.25, 0.3) is 0 Å². The van der Waals surface area contributed by atoms with Gasteiger partial charge in [-0.15, -0.1) is 0 Å². The van der Waals surface area contributed by atoms with Gasteiger partial charge in [0.15, 0.2) is 0 Å². The maximum Gasteiger partial charge on any atom is 0.119 e. The minimum absolute atomic E-state index is 0.0399. The van der Waals surface area contributed by atoms with E-state index in [1.165, 1.54) is 0 Å². The molecule has 1 fully saturated rings. The predicted molar refractivity (Wildman–Crippen MR) is 85.6 cm³/mol. The molecule has 2 rings (SSSR count). The molecule has 1 unspecified atom stereocenters. The number of hydrogen-bond acceptors (Lipinski definition) is 4. The number of benzene rings is 1. The molecule has 1 aliphatic heterocycles. The van der Waals surface area contributed by atoms with Gasteiger partial charge in [0, 0.05) is 31.8 Å². The summed E-state index contributed by atoms with van der Waals surface area (Å²) in [5.74, 6) is 0.922. The largest absolute Gasteiger partial charge is 0.494 e. The van der Waals surface area contributed by atoms with E-state index in [4.69, 9.17) is 15.2 Å². The zero-order valence-electron chi connectivity index (χ0n) is 13.3. The van der Waals surface area contributed by atoms with Gasteiger partial charge >= 0.3 is 0 Å². The highest BCUT2D eigenvalue weighted by Gasteiger charge is 2.20. The van der Waals surface area contributed by atoms with E-state index in [9.17, 15) is 0 Å². The lowest BCUT2D eigenvalue weighted by molar-refractivity contribution is 0.0413. The third kappa shape index (κ3) is 4.99. The van der Waals surface area contributed by atoms with E-state index in [1.54, 1.807) is 0 Å². The van der Waals surface area contributed by atoms with E-state index in [1.807, 2.05) is 12.1 Å². The molecule has 0 aromatic heterocycles. The summed E-state index contributed by atoms with van der Waals surface area (Å²) in [6, 6.07) is 8.81. The lowest BCUT2D eigenvalue weighted by atomic mass is 10.0. The van der Waals surface area contributed by atoms with Crippen LogP contribution in [-0.4, -0.2) is 44.4 Å². The van der Waals surface area contributed by atoms with Gasteiger partial charge in [0.05, 0.1) is 6.61 Å². The van der Waals surface area contributed by atoms with Gasteiger partial charge in [0.2, 0.25) is 0 Å². The molecule has 1 atom stereocenters. The molecular formula is C17H28N2O2. The molecule has 21 heavy (non-hydrogen) atoms. The molecule has 1 aromatic rings. The summed E-state index contributed by atoms with van der Waals surface area (Å²) in [7, 11) is 2.16. The fourth-order valence-corrected chi connectivity index (χ4v) is 2.72. The second-order valence-corrected chi connectivity index (χ2v) is 5.81. The number of likely N-dealkylation sites (N-methyl/N-ethyl adjacent to an activating group) is 1. The van der Waals surface area contributed by atoms with Crippen LogP contribution >= 0.6 is 0 Å². The summed E-state index contributed by atoms with van der Waals surface area (Å²) < 4.78 is 11.0. The first-order valence-corrected chi connectivity index (χ1v) is 7.97. The molecule has 118 valence electrons. The van der Waals surface area contributed by atoms with Gasteiger partial charge in [-0.25, -0.2) is 0 Å². The van der Waals surface area contributed by atoms with E-state index in [2.05, 4.69) is 31.0 Å². The Bertz CT molecular complexity index is 402. The SMILES string of the molecule is CCCOc1ccc(C(N)CN(C)C2CCOCC2)cc1. The Kier molecular flexibility index (Phi) is 6.49. The van der Waals surface area contributed by atoms with Crippen molar-refractivity contribution >= 4 is 0 Å². The van der Waals surface area contributed by atoms with Gasteiger partial charge in [-0.05, 0) is 44.0 Å². The quantitative estimate of drug-likeness (QED) is 0.839. The van der Waals surface area contributed by atoms with Crippen molar-refractivity contribution in [2.24, 2.45) is 5.73 Å². The predicted octanol–water partition coefficient (Wildman–Crippen LogP) is 2.59. The Morgan fingerprint density at radius 2 is 1.95 bits per heavy atom. The van der Waals surface area contributed by atoms with Crippen LogP contribution in [0.3, 0.4) is 0 Å². The average molecular weight is 292 g/mol. The topological polar surface area (TPSA) is 47.7 Å². The Labute approximate surface area is 128 Å². The van der Waals surface area contributed by atoms with E-state index in [-0.39, 0.29) is 6.04 Å². The lowest BCUT2D eigenvalue weighted by Gasteiger charge is -2.32. The minimum Gasteiger partial charge on any atom is -0.494 e. The molecule has 1 heterocycles. The van der Waals surface area contributed by atoms with Crippen LogP contribution in [0.5, 0.6) is 5.75 Å². The van der Waals surface area contributed by atoms with Crippen molar-refractivity contribution in [2.45, 2.75) is 38.3 Å². The van der Waals surface area contributed by atoms with Crippen LogP contribution in [0.2, 0.25) is 0 Å². The van der Waals surface area contributed by atoms with Gasteiger partial charge < -0.3 is 20.1 Å². The van der Waals surface area contributed by atoms with E-state index in [0.29, 0.717) is 6.04 Å². The standard InChI is InChI=1S/C17H28N2O2/c1-3-10-21-16-6-4-14(5-7-16)17(18)13-19(2)15-8-11-20-12-9-15/h4-7,15,17H,3,8-13,18H2,1-2H3. The van der Waals surface area contributed by atoms with E-state index in [0.717, 1.165) is 56.9 Å². The first kappa shape index (κ1) is 16.3. The molecule has 0 aliphatic carbocycles. The summed E-state index contributed by atoms with van der Waals surface area (Å²) in [6.07, 6.45) is 3.23. The fraction of sp³-hybridized carbons (Fsp3) is 0.647. The summed E-state index contributed by atoms with van der Waals surface area (Å²) in [6.45, 7) is 5.48. The third-order valence-corrected chi connectivity index (χ3v) is 4.08. The van der Waals surface area contributed by atoms with Crippen molar-refractivity contribution in [3.8, 4) is 5.75 Å². The van der Waals surface area contributed by atoms with E-state index >= 15 is 0 Å². The zero-order valence-corrected chi connectivity index (χ0v) is 13.3. The van der Waals surface area contributed by atoms with Gasteiger partial charge in [-0.3, -0.25) is 0 Å². The lowest BCUT2D eigenvalue weighted by Crippen LogP contribution is -2.40. The fourth-order valence-electron chi connectivity index (χ4n) is 2.72. The Morgan fingerprint density at radius 1 is 1.29 bits per heavy atom. The summed E-state index contributed by atoms with van der Waals surface area (Å²) >= 11 is 0. The van der Waals surface area contributed by atoms with Crippen LogP contribution in [0.15, 0.2) is 24.3 Å². The summed E-state index contributed by atoms with van der Waals surface area (Å²) in [4.78, 5) is 2.37. The molecule has 2 N–H and O–H groups in total. The van der Waals surface area contributed by atoms with Crippen molar-refractivity contribution in [3.05, 3.63) is 29.8 Å². The van der Waals surface area contributed by atoms with Gasteiger partial charge in [-0.2, -0.15) is 0 Å². The zero-order chi connectivity index (χ0) is 15.1. The van der Waals surface area contributed by atoms with Gasteiger partial charge in [0.25, 0.3) is 0 Å². The molecule has 4 nitrogen and oxygen atoms in total. The summed E-state index contributed by atoms with van der Waals surface area (Å²) in [5.41, 5.74) is 7.50. The molecule has 0 saturated carbocycles. The van der Waals surface area contributed by atoms with Crippen molar-refractivity contribution < 1.29 is 9.47 Å². The third-order valence-electron chi connectivity index (χ3n) is 4.08. The molecule has 1 aromatic carbocycles. The highest BCUT2D eigenvalue weighted by Crippen LogP contribution is 2.20. The first-order chi connectivity index (χ1) is 10.2. The molecule has 0 amide bonds. The Hall–Kier alpha value is -1.10. The second kappa shape index (κ2) is 8.37. The van der Waals surface area contributed by atoms with Crippen LogP contribution in [0, 0.1) is 0 Å². The van der Waals surface area contributed by atoms with E-state index < -0.39 is 0 Å². The average Bonchev–Trinajstić information content (AvgIpc) is 2.54. The molecule has 0 bridgehead atoms. The molecule has 1 aliphatic rings. The number of ether oxygens (including phenoxy) is 2. The van der Waals surface area contributed by atoms with Crippen molar-refractivity contribution in [1.29, 1.82) is 0 Å². The second-order valence-electron chi connectivity index (χ2n) is 5.81. The highest BCUT2D eigenvalue weighted by molar-refractivity contribution is 5.29. The maximum atomic E-state index is 6.34. The van der Waals surface area contributed by atoms with Gasteiger partial charge in [0.1, 0.15) is 5.75 Å². The minimum atomic E-state index is 0.0399. The number of hydrogen-bond donors (Lipinski definition) is 1. The normalized spacial score (nSPS) is 17.9. The highest BCUT2D eigenvalue weighted by atomic mass is 16.5. The molecule has 1 saturated heterocycles. The molecule has 0 spiro atoms. The van der Waals surface area contributed by atoms with Crippen molar-refractivity contribution in [1.82, 2.24) is 4.90 Å². The smallest absolute Gasteiger partial charge is 0.119 e. The Balaban J connectivity index is 1.85. The molecular weight excluding hydrogens is 264 g/mol. The monoisotopic (exact) mass is 292 g/mol. The Morgan fingerprint density at radius 3 is 2.57 bits per heavy atom. The van der Waals surface area contributed by atoms with Crippen LogP contribution in [0.1, 0.15) is 37.8 Å². The number of nitrogens with two attached hydrogens (primary N) is 1. The summed E-state index contributed by atoms with van der Waals surface area (Å²) in [5, 5.41) is 0. The first-order valence-electron chi connectivity index (χ1n) is 7.97.